The Kier molecular flexibility index (Phi) is 2.07. The fourth-order valence-corrected chi connectivity index (χ4v) is 1.48. The Labute approximate surface area is 86.9 Å². The fourth-order valence-electron chi connectivity index (χ4n) is 1.48. The summed E-state index contributed by atoms with van der Waals surface area (Å²) in [5.74, 6) is -0.246. The summed E-state index contributed by atoms with van der Waals surface area (Å²) < 4.78 is 0. The molecule has 1 fully saturated rings. The SMILES string of the molecule is Cc1cc(N2C(=O)CNC2=O)ccc1N. The third-order valence-electron chi connectivity index (χ3n) is 2.35. The molecule has 5 nitrogen and oxygen atoms in total. The molecule has 1 saturated heterocycles. The number of aryl methyl sites for hydroxylation is 1. The van der Waals surface area contributed by atoms with Gasteiger partial charge in [-0.1, -0.05) is 0 Å². The lowest BCUT2D eigenvalue weighted by Crippen LogP contribution is -2.30. The minimum Gasteiger partial charge on any atom is -0.399 e. The van der Waals surface area contributed by atoms with Crippen molar-refractivity contribution in [1.29, 1.82) is 0 Å². The van der Waals surface area contributed by atoms with Crippen molar-refractivity contribution in [3.05, 3.63) is 23.8 Å². The highest BCUT2D eigenvalue weighted by Crippen LogP contribution is 2.22. The lowest BCUT2D eigenvalue weighted by Gasteiger charge is -2.13. The molecule has 15 heavy (non-hydrogen) atoms. The third-order valence-corrected chi connectivity index (χ3v) is 2.35. The van der Waals surface area contributed by atoms with Gasteiger partial charge in [0.1, 0.15) is 0 Å². The number of hydrogen-bond donors (Lipinski definition) is 2. The summed E-state index contributed by atoms with van der Waals surface area (Å²) >= 11 is 0. The minimum absolute atomic E-state index is 0.0578. The van der Waals surface area contributed by atoms with Gasteiger partial charge in [-0.15, -0.1) is 0 Å². The van der Waals surface area contributed by atoms with E-state index in [1.807, 2.05) is 6.92 Å². The first-order valence-electron chi connectivity index (χ1n) is 4.56. The van der Waals surface area contributed by atoms with Crippen molar-refractivity contribution in [1.82, 2.24) is 5.32 Å². The first kappa shape index (κ1) is 9.51. The summed E-state index contributed by atoms with van der Waals surface area (Å²) in [6.07, 6.45) is 0. The standard InChI is InChI=1S/C10H11N3O2/c1-6-4-7(2-3-8(6)11)13-9(14)5-12-10(13)15/h2-4H,5,11H2,1H3,(H,12,15). The fraction of sp³-hybridized carbons (Fsp3) is 0.200. The highest BCUT2D eigenvalue weighted by Gasteiger charge is 2.29. The van der Waals surface area contributed by atoms with Crippen LogP contribution in [0.25, 0.3) is 0 Å². The van der Waals surface area contributed by atoms with Gasteiger partial charge in [-0.25, -0.2) is 9.69 Å². The van der Waals surface area contributed by atoms with Crippen molar-refractivity contribution in [2.24, 2.45) is 0 Å². The number of urea groups is 1. The van der Waals surface area contributed by atoms with E-state index in [4.69, 9.17) is 5.73 Å². The van der Waals surface area contributed by atoms with E-state index in [0.29, 0.717) is 11.4 Å². The molecule has 1 heterocycles. The number of carbonyl (C=O) groups is 2. The molecule has 0 aliphatic carbocycles. The first-order chi connectivity index (χ1) is 7.09. The van der Waals surface area contributed by atoms with Crippen LogP contribution in [-0.4, -0.2) is 18.5 Å². The van der Waals surface area contributed by atoms with Gasteiger partial charge in [0.25, 0.3) is 5.91 Å². The van der Waals surface area contributed by atoms with Gasteiger partial charge in [0.15, 0.2) is 0 Å². The lowest BCUT2D eigenvalue weighted by molar-refractivity contribution is -0.115. The van der Waals surface area contributed by atoms with E-state index in [1.54, 1.807) is 18.2 Å². The van der Waals surface area contributed by atoms with Crippen LogP contribution in [0.5, 0.6) is 0 Å². The molecule has 0 aromatic heterocycles. The van der Waals surface area contributed by atoms with Crippen molar-refractivity contribution in [3.8, 4) is 0 Å². The molecule has 3 N–H and O–H groups in total. The van der Waals surface area contributed by atoms with Crippen LogP contribution >= 0.6 is 0 Å². The van der Waals surface area contributed by atoms with Gasteiger partial charge < -0.3 is 11.1 Å². The molecule has 78 valence electrons. The zero-order chi connectivity index (χ0) is 11.0. The molecular formula is C10H11N3O2. The van der Waals surface area contributed by atoms with E-state index in [2.05, 4.69) is 5.32 Å². The first-order valence-corrected chi connectivity index (χ1v) is 4.56. The van der Waals surface area contributed by atoms with Crippen LogP contribution in [0.1, 0.15) is 5.56 Å². The summed E-state index contributed by atoms with van der Waals surface area (Å²) in [5, 5.41) is 2.46. The molecule has 0 spiro atoms. The Bertz CT molecular complexity index is 426. The Morgan fingerprint density at radius 1 is 1.40 bits per heavy atom. The van der Waals surface area contributed by atoms with Crippen LogP contribution in [0.4, 0.5) is 16.2 Å². The number of nitrogen functional groups attached to an aromatic ring is 1. The molecule has 5 heteroatoms. The number of imide groups is 1. The summed E-state index contributed by atoms with van der Waals surface area (Å²) in [6.45, 7) is 1.89. The summed E-state index contributed by atoms with van der Waals surface area (Å²) in [4.78, 5) is 23.9. The maximum absolute atomic E-state index is 11.4. The summed E-state index contributed by atoms with van der Waals surface area (Å²) in [7, 11) is 0. The molecular weight excluding hydrogens is 194 g/mol. The number of anilines is 2. The van der Waals surface area contributed by atoms with Crippen molar-refractivity contribution in [3.63, 3.8) is 0 Å². The van der Waals surface area contributed by atoms with Gasteiger partial charge in [0, 0.05) is 5.69 Å². The second-order valence-electron chi connectivity index (χ2n) is 3.43. The zero-order valence-corrected chi connectivity index (χ0v) is 8.28. The van der Waals surface area contributed by atoms with Crippen molar-refractivity contribution < 1.29 is 9.59 Å². The summed E-state index contributed by atoms with van der Waals surface area (Å²) in [5.41, 5.74) is 7.70. The lowest BCUT2D eigenvalue weighted by atomic mass is 10.2. The van der Waals surface area contributed by atoms with Crippen molar-refractivity contribution >= 4 is 23.3 Å². The second kappa shape index (κ2) is 3.27. The number of amides is 3. The Hall–Kier alpha value is -2.04. The molecule has 3 amide bonds. The average Bonchev–Trinajstić information content (AvgIpc) is 2.52. The van der Waals surface area contributed by atoms with E-state index in [-0.39, 0.29) is 18.5 Å². The van der Waals surface area contributed by atoms with Gasteiger partial charge in [-0.2, -0.15) is 0 Å². The van der Waals surface area contributed by atoms with Gasteiger partial charge in [0.2, 0.25) is 0 Å². The predicted octanol–water partition coefficient (Wildman–Crippen LogP) is 0.633. The topological polar surface area (TPSA) is 75.4 Å². The van der Waals surface area contributed by atoms with Gasteiger partial charge in [0.05, 0.1) is 12.2 Å². The quantitative estimate of drug-likeness (QED) is 0.521. The largest absolute Gasteiger partial charge is 0.399 e. The number of nitrogens with two attached hydrogens (primary N) is 1. The number of carbonyl (C=O) groups excluding carboxylic acids is 2. The maximum atomic E-state index is 11.4. The highest BCUT2D eigenvalue weighted by atomic mass is 16.2. The Balaban J connectivity index is 2.41. The molecule has 1 aromatic carbocycles. The van der Waals surface area contributed by atoms with Gasteiger partial charge in [-0.3, -0.25) is 4.79 Å². The second-order valence-corrected chi connectivity index (χ2v) is 3.43. The van der Waals surface area contributed by atoms with Crippen LogP contribution in [0, 0.1) is 6.92 Å². The van der Waals surface area contributed by atoms with Crippen LogP contribution in [-0.2, 0) is 4.79 Å². The molecule has 0 unspecified atom stereocenters. The van der Waals surface area contributed by atoms with Crippen LogP contribution < -0.4 is 16.0 Å². The normalized spacial score (nSPS) is 15.7. The minimum atomic E-state index is -0.385. The van der Waals surface area contributed by atoms with E-state index >= 15 is 0 Å². The molecule has 0 bridgehead atoms. The van der Waals surface area contributed by atoms with E-state index in [1.165, 1.54) is 0 Å². The zero-order valence-electron chi connectivity index (χ0n) is 8.28. The van der Waals surface area contributed by atoms with Crippen molar-refractivity contribution in [2.75, 3.05) is 17.2 Å². The third kappa shape index (κ3) is 1.52. The number of hydrogen-bond acceptors (Lipinski definition) is 3. The monoisotopic (exact) mass is 205 g/mol. The van der Waals surface area contributed by atoms with Crippen molar-refractivity contribution in [2.45, 2.75) is 6.92 Å². The van der Waals surface area contributed by atoms with Crippen LogP contribution in [0.3, 0.4) is 0 Å². The molecule has 0 atom stereocenters. The number of nitrogens with zero attached hydrogens (tertiary/aromatic N) is 1. The van der Waals surface area contributed by atoms with Gasteiger partial charge >= 0.3 is 6.03 Å². The van der Waals surface area contributed by atoms with E-state index in [9.17, 15) is 9.59 Å². The number of rotatable bonds is 1. The van der Waals surface area contributed by atoms with E-state index in [0.717, 1.165) is 10.5 Å². The van der Waals surface area contributed by atoms with Crippen LogP contribution in [0.2, 0.25) is 0 Å². The molecule has 0 saturated carbocycles. The average molecular weight is 205 g/mol. The smallest absolute Gasteiger partial charge is 0.329 e. The Morgan fingerprint density at radius 3 is 2.67 bits per heavy atom. The summed E-state index contributed by atoms with van der Waals surface area (Å²) in [6, 6.07) is 4.68. The molecule has 1 aromatic rings. The van der Waals surface area contributed by atoms with Crippen LogP contribution in [0.15, 0.2) is 18.2 Å². The number of benzene rings is 1. The van der Waals surface area contributed by atoms with E-state index < -0.39 is 0 Å². The maximum Gasteiger partial charge on any atom is 0.329 e. The highest BCUT2D eigenvalue weighted by molar-refractivity contribution is 6.19. The Morgan fingerprint density at radius 2 is 2.13 bits per heavy atom. The van der Waals surface area contributed by atoms with Gasteiger partial charge in [-0.05, 0) is 30.7 Å². The molecule has 1 aliphatic rings. The molecule has 1 aliphatic heterocycles. The molecule has 0 radical (unpaired) electrons. The molecule has 2 rings (SSSR count). The predicted molar refractivity (Wildman–Crippen MR) is 56.5 cm³/mol. The number of nitrogens with one attached hydrogen (secondary N) is 1.